The molecule has 2 aliphatic heterocycles. The lowest BCUT2D eigenvalue weighted by Crippen LogP contribution is -2.37. The lowest BCUT2D eigenvalue weighted by Gasteiger charge is -2.26. The fraction of sp³-hybridized carbons (Fsp3) is 0.304. The van der Waals surface area contributed by atoms with E-state index in [2.05, 4.69) is 14.9 Å². The van der Waals surface area contributed by atoms with Gasteiger partial charge in [0, 0.05) is 31.4 Å². The summed E-state index contributed by atoms with van der Waals surface area (Å²) in [6.45, 7) is 5.22. The summed E-state index contributed by atoms with van der Waals surface area (Å²) < 4.78 is 39.1. The molecule has 1 saturated heterocycles. The normalized spacial score (nSPS) is 16.7. The molecule has 0 bridgehead atoms. The van der Waals surface area contributed by atoms with Crippen molar-refractivity contribution in [3.05, 3.63) is 71.5 Å². The van der Waals surface area contributed by atoms with Gasteiger partial charge in [-0.1, -0.05) is 18.2 Å². The molecule has 1 fully saturated rings. The fourth-order valence-corrected chi connectivity index (χ4v) is 5.21. The number of anilines is 1. The van der Waals surface area contributed by atoms with E-state index in [1.165, 1.54) is 4.31 Å². The van der Waals surface area contributed by atoms with E-state index in [9.17, 15) is 8.42 Å². The monoisotopic (exact) mass is 452 g/mol. The van der Waals surface area contributed by atoms with Crippen LogP contribution in [-0.2, 0) is 27.8 Å². The number of hydrogen-bond donors (Lipinski definition) is 0. The molecule has 0 saturated carbocycles. The summed E-state index contributed by atoms with van der Waals surface area (Å²) in [6.07, 6.45) is 1.74. The molecule has 0 N–H and O–H groups in total. The number of sulfonamides is 1. The van der Waals surface area contributed by atoms with Crippen molar-refractivity contribution in [3.8, 4) is 11.5 Å². The second kappa shape index (κ2) is 8.50. The van der Waals surface area contributed by atoms with Gasteiger partial charge in [-0.15, -0.1) is 0 Å². The zero-order chi connectivity index (χ0) is 22.1. The molecule has 5 rings (SSSR count). The Morgan fingerprint density at radius 1 is 1.00 bits per heavy atom. The topological polar surface area (TPSA) is 84.9 Å². The molecule has 0 unspecified atom stereocenters. The van der Waals surface area contributed by atoms with Gasteiger partial charge in [-0.3, -0.25) is 0 Å². The van der Waals surface area contributed by atoms with Crippen molar-refractivity contribution in [2.75, 3.05) is 31.2 Å². The lowest BCUT2D eigenvalue weighted by molar-refractivity contribution is 0.122. The number of fused-ring (bicyclic) bond motifs is 1. The fourth-order valence-electron chi connectivity index (χ4n) is 3.83. The van der Waals surface area contributed by atoms with Crippen LogP contribution in [0.3, 0.4) is 0 Å². The second-order valence-corrected chi connectivity index (χ2v) is 9.79. The van der Waals surface area contributed by atoms with Gasteiger partial charge in [-0.2, -0.15) is 4.31 Å². The van der Waals surface area contributed by atoms with E-state index in [1.54, 1.807) is 30.5 Å². The number of aryl methyl sites for hydroxylation is 1. The van der Waals surface area contributed by atoms with Gasteiger partial charge in [0.05, 0.1) is 30.3 Å². The van der Waals surface area contributed by atoms with Crippen LogP contribution >= 0.6 is 0 Å². The van der Waals surface area contributed by atoms with Gasteiger partial charge in [0.2, 0.25) is 16.0 Å². The summed E-state index contributed by atoms with van der Waals surface area (Å²) in [6, 6.07) is 14.2. The van der Waals surface area contributed by atoms with Gasteiger partial charge in [-0.05, 0) is 42.8 Å². The van der Waals surface area contributed by atoms with Gasteiger partial charge in [0.25, 0.3) is 0 Å². The van der Waals surface area contributed by atoms with E-state index in [1.807, 2.05) is 31.2 Å². The van der Waals surface area contributed by atoms with Crippen molar-refractivity contribution in [1.82, 2.24) is 14.3 Å². The highest BCUT2D eigenvalue weighted by atomic mass is 32.2. The number of benzene rings is 2. The van der Waals surface area contributed by atoms with Gasteiger partial charge >= 0.3 is 0 Å². The molecule has 9 heteroatoms. The first-order valence-corrected chi connectivity index (χ1v) is 12.0. The van der Waals surface area contributed by atoms with Gasteiger partial charge in [0.1, 0.15) is 11.5 Å². The Balaban J connectivity index is 1.31. The Morgan fingerprint density at radius 3 is 2.50 bits per heavy atom. The molecule has 2 aromatic carbocycles. The molecule has 32 heavy (non-hydrogen) atoms. The van der Waals surface area contributed by atoms with Crippen LogP contribution in [0.15, 0.2) is 59.6 Å². The zero-order valence-electron chi connectivity index (χ0n) is 17.8. The first-order valence-electron chi connectivity index (χ1n) is 10.5. The molecule has 0 amide bonds. The zero-order valence-corrected chi connectivity index (χ0v) is 18.6. The first-order chi connectivity index (χ1) is 15.5. The van der Waals surface area contributed by atoms with Gasteiger partial charge in [0.15, 0.2) is 0 Å². The van der Waals surface area contributed by atoms with Crippen LogP contribution in [0.5, 0.6) is 11.5 Å². The van der Waals surface area contributed by atoms with Crippen LogP contribution in [0.2, 0.25) is 0 Å². The smallest absolute Gasteiger partial charge is 0.243 e. The molecule has 166 valence electrons. The van der Waals surface area contributed by atoms with Gasteiger partial charge in [-0.25, -0.2) is 18.4 Å². The summed E-state index contributed by atoms with van der Waals surface area (Å²) in [7, 11) is -3.67. The van der Waals surface area contributed by atoms with Crippen molar-refractivity contribution in [2.45, 2.75) is 24.9 Å². The minimum atomic E-state index is -3.67. The van der Waals surface area contributed by atoms with Crippen molar-refractivity contribution in [2.24, 2.45) is 0 Å². The molecular weight excluding hydrogens is 428 g/mol. The maximum atomic E-state index is 13.2. The van der Waals surface area contributed by atoms with E-state index in [0.717, 1.165) is 35.7 Å². The van der Waals surface area contributed by atoms with E-state index >= 15 is 0 Å². The number of aromatic nitrogens is 2. The predicted molar refractivity (Wildman–Crippen MR) is 119 cm³/mol. The third-order valence-corrected chi connectivity index (χ3v) is 7.50. The second-order valence-electron chi connectivity index (χ2n) is 7.85. The van der Waals surface area contributed by atoms with Crippen molar-refractivity contribution in [1.29, 1.82) is 0 Å². The standard InChI is InChI=1S/C23H24N4O4S/c1-17-4-2-3-5-22(17)31-19-6-8-20(9-7-19)32(28,29)27-15-18-14-24-23(25-21(18)16-27)26-10-12-30-13-11-26/h2-9,14H,10-13,15-16H2,1H3. The SMILES string of the molecule is Cc1ccccc1Oc1ccc(S(=O)(=O)N2Cc3cnc(N4CCOCC4)nc3C2)cc1. The van der Waals surface area contributed by atoms with Crippen molar-refractivity contribution in [3.63, 3.8) is 0 Å². The quantitative estimate of drug-likeness (QED) is 0.588. The Hall–Kier alpha value is -3.01. The minimum Gasteiger partial charge on any atom is -0.457 e. The van der Waals surface area contributed by atoms with Crippen molar-refractivity contribution < 1.29 is 17.9 Å². The molecule has 0 spiro atoms. The Bertz CT molecular complexity index is 1220. The predicted octanol–water partition coefficient (Wildman–Crippen LogP) is 3.12. The number of rotatable bonds is 5. The molecule has 8 nitrogen and oxygen atoms in total. The number of ether oxygens (including phenoxy) is 2. The average Bonchev–Trinajstić information content (AvgIpc) is 3.26. The molecule has 3 aromatic rings. The highest BCUT2D eigenvalue weighted by molar-refractivity contribution is 7.89. The van der Waals surface area contributed by atoms with E-state index in [-0.39, 0.29) is 18.0 Å². The highest BCUT2D eigenvalue weighted by Gasteiger charge is 2.32. The Morgan fingerprint density at radius 2 is 1.75 bits per heavy atom. The molecule has 1 aromatic heterocycles. The Labute approximate surface area is 187 Å². The minimum absolute atomic E-state index is 0.226. The summed E-state index contributed by atoms with van der Waals surface area (Å²) in [4.78, 5) is 11.4. The number of para-hydroxylation sites is 1. The average molecular weight is 453 g/mol. The summed E-state index contributed by atoms with van der Waals surface area (Å²) in [5, 5.41) is 0. The van der Waals surface area contributed by atoms with Crippen LogP contribution in [0, 0.1) is 6.92 Å². The first kappa shape index (κ1) is 20.9. The molecule has 0 aliphatic carbocycles. The highest BCUT2D eigenvalue weighted by Crippen LogP contribution is 2.30. The van der Waals surface area contributed by atoms with Crippen LogP contribution in [-0.4, -0.2) is 49.0 Å². The van der Waals surface area contributed by atoms with E-state index in [0.29, 0.717) is 24.9 Å². The number of nitrogens with zero attached hydrogens (tertiary/aromatic N) is 4. The van der Waals surface area contributed by atoms with Crippen molar-refractivity contribution >= 4 is 16.0 Å². The molecule has 2 aliphatic rings. The summed E-state index contributed by atoms with van der Waals surface area (Å²) >= 11 is 0. The molecule has 3 heterocycles. The van der Waals surface area contributed by atoms with Gasteiger partial charge < -0.3 is 14.4 Å². The maximum absolute atomic E-state index is 13.2. The van der Waals surface area contributed by atoms with Crippen LogP contribution < -0.4 is 9.64 Å². The number of morpholine rings is 1. The number of hydrogen-bond acceptors (Lipinski definition) is 7. The lowest BCUT2D eigenvalue weighted by atomic mass is 10.2. The van der Waals surface area contributed by atoms with E-state index in [4.69, 9.17) is 9.47 Å². The Kier molecular flexibility index (Phi) is 5.54. The summed E-state index contributed by atoms with van der Waals surface area (Å²) in [5.41, 5.74) is 2.60. The maximum Gasteiger partial charge on any atom is 0.243 e. The van der Waals surface area contributed by atoms with Crippen LogP contribution in [0.4, 0.5) is 5.95 Å². The third-order valence-electron chi connectivity index (χ3n) is 5.69. The largest absolute Gasteiger partial charge is 0.457 e. The molecule has 0 atom stereocenters. The third kappa shape index (κ3) is 4.06. The molecule has 0 radical (unpaired) electrons. The van der Waals surface area contributed by atoms with Crippen LogP contribution in [0.1, 0.15) is 16.8 Å². The molecular formula is C23H24N4O4S. The van der Waals surface area contributed by atoms with E-state index < -0.39 is 10.0 Å². The summed E-state index contributed by atoms with van der Waals surface area (Å²) in [5.74, 6) is 1.96. The van der Waals surface area contributed by atoms with Crippen LogP contribution in [0.25, 0.3) is 0 Å².